The zero-order chi connectivity index (χ0) is 18.7. The molecule has 2 N–H and O–H groups in total. The van der Waals surface area contributed by atoms with Gasteiger partial charge in [-0.2, -0.15) is 8.78 Å². The number of halogens is 3. The molecule has 8 heteroatoms. The van der Waals surface area contributed by atoms with E-state index in [0.29, 0.717) is 32.1 Å². The number of hydrogen-bond acceptors (Lipinski definition) is 4. The zero-order valence-corrected chi connectivity index (χ0v) is 15.9. The van der Waals surface area contributed by atoms with Gasteiger partial charge < -0.3 is 10.5 Å². The summed E-state index contributed by atoms with van der Waals surface area (Å²) in [6, 6.07) is 5.90. The smallest absolute Gasteiger partial charge is 0.345 e. The van der Waals surface area contributed by atoms with Crippen LogP contribution in [0.3, 0.4) is 0 Å². The van der Waals surface area contributed by atoms with Crippen LogP contribution in [-0.2, 0) is 21.5 Å². The Morgan fingerprint density at radius 1 is 1.38 bits per heavy atom. The maximum absolute atomic E-state index is 13.3. The summed E-state index contributed by atoms with van der Waals surface area (Å²) in [6.07, 6.45) is 2.35. The predicted molar refractivity (Wildman–Crippen MR) is 95.7 cm³/mol. The van der Waals surface area contributed by atoms with E-state index in [1.165, 1.54) is 4.90 Å². The molecular formula is C18H20BrF2N3O2. The van der Waals surface area contributed by atoms with Crippen molar-refractivity contribution >= 4 is 27.8 Å². The number of rotatable bonds is 2. The Morgan fingerprint density at radius 3 is 2.65 bits per heavy atom. The van der Waals surface area contributed by atoms with Gasteiger partial charge in [-0.05, 0) is 55.4 Å². The van der Waals surface area contributed by atoms with Gasteiger partial charge in [-0.3, -0.25) is 9.69 Å². The van der Waals surface area contributed by atoms with E-state index in [9.17, 15) is 13.6 Å². The van der Waals surface area contributed by atoms with E-state index >= 15 is 0 Å². The van der Waals surface area contributed by atoms with Gasteiger partial charge in [0, 0.05) is 16.9 Å². The highest BCUT2D eigenvalue weighted by molar-refractivity contribution is 9.10. The third kappa shape index (κ3) is 2.34. The van der Waals surface area contributed by atoms with Gasteiger partial charge in [-0.25, -0.2) is 4.99 Å². The first kappa shape index (κ1) is 17.9. The summed E-state index contributed by atoms with van der Waals surface area (Å²) >= 11 is 3.49. The van der Waals surface area contributed by atoms with Crippen LogP contribution in [0.5, 0.6) is 0 Å². The summed E-state index contributed by atoms with van der Waals surface area (Å²) in [7, 11) is 1.63. The molecule has 140 valence electrons. The molecule has 0 bridgehead atoms. The minimum atomic E-state index is -2.77. The number of alkyl halides is 2. The molecule has 0 saturated heterocycles. The SMILES string of the molecule is CN1C(=O)C2(N=C1N)c1cc(Br)ccc1C[C@]21CC[C@@H](OC(F)F)CC1. The number of guanidine groups is 1. The van der Waals surface area contributed by atoms with Gasteiger partial charge >= 0.3 is 6.61 Å². The van der Waals surface area contributed by atoms with Crippen molar-refractivity contribution in [1.29, 1.82) is 0 Å². The number of amides is 1. The number of benzene rings is 1. The number of nitrogens with two attached hydrogens (primary N) is 1. The fourth-order valence-corrected chi connectivity index (χ4v) is 5.31. The molecule has 0 radical (unpaired) electrons. The van der Waals surface area contributed by atoms with Crippen LogP contribution < -0.4 is 5.73 Å². The standard InChI is InChI=1S/C18H20BrF2N3O2/c1-24-14(25)18(23-16(24)22)13-8-11(19)3-2-10(13)9-17(18)6-4-12(5-7-17)26-15(20)21/h2-3,8,12,15H,4-7,9H2,1H3,(H2,22,23)/t12-,17-,18?. The van der Waals surface area contributed by atoms with Crippen molar-refractivity contribution in [3.63, 3.8) is 0 Å². The maximum Gasteiger partial charge on any atom is 0.345 e. The molecule has 1 heterocycles. The van der Waals surface area contributed by atoms with Crippen LogP contribution in [0.4, 0.5) is 8.78 Å². The predicted octanol–water partition coefficient (Wildman–Crippen LogP) is 3.16. The van der Waals surface area contributed by atoms with E-state index in [-0.39, 0.29) is 11.9 Å². The van der Waals surface area contributed by atoms with Crippen molar-refractivity contribution in [3.05, 3.63) is 33.8 Å². The van der Waals surface area contributed by atoms with Crippen LogP contribution >= 0.6 is 15.9 Å². The lowest BCUT2D eigenvalue weighted by molar-refractivity contribution is -0.178. The summed E-state index contributed by atoms with van der Waals surface area (Å²) in [6.45, 7) is -2.77. The van der Waals surface area contributed by atoms with Crippen molar-refractivity contribution in [2.24, 2.45) is 16.1 Å². The van der Waals surface area contributed by atoms with Gasteiger partial charge in [0.25, 0.3) is 5.91 Å². The quantitative estimate of drug-likeness (QED) is 0.787. The highest BCUT2D eigenvalue weighted by atomic mass is 79.9. The van der Waals surface area contributed by atoms with E-state index in [2.05, 4.69) is 20.9 Å². The second-order valence-electron chi connectivity index (χ2n) is 7.40. The minimum Gasteiger partial charge on any atom is -0.369 e. The van der Waals surface area contributed by atoms with Gasteiger partial charge in [0.2, 0.25) is 0 Å². The Labute approximate surface area is 158 Å². The van der Waals surface area contributed by atoms with Crippen LogP contribution in [-0.4, -0.2) is 36.5 Å². The number of aliphatic imine (C=N–C) groups is 1. The largest absolute Gasteiger partial charge is 0.369 e. The number of carbonyl (C=O) groups is 1. The molecule has 1 aliphatic heterocycles. The Morgan fingerprint density at radius 2 is 2.08 bits per heavy atom. The van der Waals surface area contributed by atoms with Crippen LogP contribution in [0, 0.1) is 5.41 Å². The molecule has 1 unspecified atom stereocenters. The Balaban J connectivity index is 1.78. The molecule has 5 nitrogen and oxygen atoms in total. The Kier molecular flexibility index (Phi) is 4.11. The molecule has 4 rings (SSSR count). The van der Waals surface area contributed by atoms with Gasteiger partial charge in [-0.1, -0.05) is 22.0 Å². The zero-order valence-electron chi connectivity index (χ0n) is 14.3. The van der Waals surface area contributed by atoms with Gasteiger partial charge in [0.05, 0.1) is 6.10 Å². The average Bonchev–Trinajstić information content (AvgIpc) is 2.98. The van der Waals surface area contributed by atoms with Crippen molar-refractivity contribution in [2.75, 3.05) is 7.05 Å². The number of fused-ring (bicyclic) bond motifs is 3. The summed E-state index contributed by atoms with van der Waals surface area (Å²) in [5.41, 5.74) is 6.44. The molecule has 1 aromatic rings. The Bertz CT molecular complexity index is 793. The molecule has 1 atom stereocenters. The number of likely N-dealkylation sites (N-methyl/N-ethyl adjacent to an activating group) is 1. The number of nitrogens with zero attached hydrogens (tertiary/aromatic N) is 2. The lowest BCUT2D eigenvalue weighted by Crippen LogP contribution is -2.51. The lowest BCUT2D eigenvalue weighted by Gasteiger charge is -2.45. The third-order valence-electron chi connectivity index (χ3n) is 6.18. The highest BCUT2D eigenvalue weighted by Crippen LogP contribution is 2.62. The van der Waals surface area contributed by atoms with Gasteiger partial charge in [0.1, 0.15) is 0 Å². The first-order valence-corrected chi connectivity index (χ1v) is 9.44. The molecule has 3 aliphatic rings. The molecule has 1 aromatic carbocycles. The van der Waals surface area contributed by atoms with Crippen molar-refractivity contribution < 1.29 is 18.3 Å². The summed E-state index contributed by atoms with van der Waals surface area (Å²) < 4.78 is 30.7. The average molecular weight is 428 g/mol. The van der Waals surface area contributed by atoms with E-state index in [1.54, 1.807) is 7.05 Å². The molecule has 1 amide bonds. The van der Waals surface area contributed by atoms with Crippen molar-refractivity contribution in [3.8, 4) is 0 Å². The Hall–Kier alpha value is -1.54. The number of hydrogen-bond donors (Lipinski definition) is 1. The van der Waals surface area contributed by atoms with Crippen LogP contribution in [0.1, 0.15) is 36.8 Å². The highest BCUT2D eigenvalue weighted by Gasteiger charge is 2.66. The van der Waals surface area contributed by atoms with E-state index in [1.807, 2.05) is 18.2 Å². The molecule has 0 aromatic heterocycles. The van der Waals surface area contributed by atoms with Crippen molar-refractivity contribution in [2.45, 2.75) is 50.4 Å². The fourth-order valence-electron chi connectivity index (χ4n) is 4.94. The van der Waals surface area contributed by atoms with Gasteiger partial charge in [-0.15, -0.1) is 0 Å². The first-order chi connectivity index (χ1) is 12.3. The summed E-state index contributed by atoms with van der Waals surface area (Å²) in [4.78, 5) is 19.4. The molecule has 1 fully saturated rings. The topological polar surface area (TPSA) is 67.9 Å². The molecule has 1 saturated carbocycles. The monoisotopic (exact) mass is 427 g/mol. The number of ether oxygens (including phenoxy) is 1. The molecule has 26 heavy (non-hydrogen) atoms. The fraction of sp³-hybridized carbons (Fsp3) is 0.556. The molecule has 2 spiro atoms. The van der Waals surface area contributed by atoms with Crippen LogP contribution in [0.15, 0.2) is 27.7 Å². The minimum absolute atomic E-state index is 0.139. The van der Waals surface area contributed by atoms with Gasteiger partial charge in [0.15, 0.2) is 11.5 Å². The molecule has 2 aliphatic carbocycles. The number of carbonyl (C=O) groups excluding carboxylic acids is 1. The lowest BCUT2D eigenvalue weighted by atomic mass is 9.61. The third-order valence-corrected chi connectivity index (χ3v) is 6.68. The summed E-state index contributed by atoms with van der Waals surface area (Å²) in [5.74, 6) is 0.0632. The van der Waals surface area contributed by atoms with E-state index < -0.39 is 23.7 Å². The van der Waals surface area contributed by atoms with E-state index in [0.717, 1.165) is 15.6 Å². The van der Waals surface area contributed by atoms with E-state index in [4.69, 9.17) is 10.5 Å². The van der Waals surface area contributed by atoms with Crippen LogP contribution in [0.2, 0.25) is 0 Å². The maximum atomic E-state index is 13.3. The van der Waals surface area contributed by atoms with Crippen LogP contribution in [0.25, 0.3) is 0 Å². The second kappa shape index (κ2) is 5.99. The molecular weight excluding hydrogens is 408 g/mol. The van der Waals surface area contributed by atoms with Crippen molar-refractivity contribution in [1.82, 2.24) is 4.90 Å². The second-order valence-corrected chi connectivity index (χ2v) is 8.31. The summed E-state index contributed by atoms with van der Waals surface area (Å²) in [5, 5.41) is 0. The normalized spacial score (nSPS) is 33.4. The first-order valence-electron chi connectivity index (χ1n) is 8.65.